The van der Waals surface area contributed by atoms with Crippen LogP contribution in [0.15, 0.2) is 0 Å². The van der Waals surface area contributed by atoms with Gasteiger partial charge in [-0.05, 0) is 6.42 Å². The number of carbonyl (C=O) groups excluding carboxylic acids is 1. The van der Waals surface area contributed by atoms with E-state index in [-0.39, 0.29) is 5.91 Å². The number of rotatable bonds is 2. The summed E-state index contributed by atoms with van der Waals surface area (Å²) in [6, 6.07) is 0. The van der Waals surface area contributed by atoms with Gasteiger partial charge >= 0.3 is 0 Å². The van der Waals surface area contributed by atoms with Crippen LogP contribution in [0.5, 0.6) is 0 Å². The molecule has 0 aliphatic carbocycles. The zero-order chi connectivity index (χ0) is 11.5. The largest absolute Gasteiger partial charge is 0.375 e. The van der Waals surface area contributed by atoms with Gasteiger partial charge in [-0.15, -0.1) is 0 Å². The van der Waals surface area contributed by atoms with E-state index in [0.29, 0.717) is 10.0 Å². The summed E-state index contributed by atoms with van der Waals surface area (Å²) in [4.78, 5) is 19.0. The Kier molecular flexibility index (Phi) is 3.40. The highest BCUT2D eigenvalue weighted by Crippen LogP contribution is 2.22. The summed E-state index contributed by atoms with van der Waals surface area (Å²) in [6.45, 7) is 5.24. The molecule has 1 aromatic rings. The molecule has 0 spiro atoms. The second-order valence-electron chi connectivity index (χ2n) is 3.72. The fourth-order valence-electron chi connectivity index (χ4n) is 1.79. The van der Waals surface area contributed by atoms with E-state index in [0.717, 1.165) is 38.3 Å². The first-order valence-corrected chi connectivity index (χ1v) is 6.29. The highest BCUT2D eigenvalue weighted by molar-refractivity contribution is 7.17. The Balaban J connectivity index is 2.18. The van der Waals surface area contributed by atoms with Crippen LogP contribution in [-0.4, -0.2) is 42.0 Å². The van der Waals surface area contributed by atoms with Crippen molar-refractivity contribution in [3.63, 3.8) is 0 Å². The molecule has 6 heteroatoms. The number of nitrogen functional groups attached to an aromatic ring is 1. The Bertz CT molecular complexity index is 384. The third kappa shape index (κ3) is 2.17. The zero-order valence-corrected chi connectivity index (χ0v) is 10.1. The van der Waals surface area contributed by atoms with Gasteiger partial charge in [-0.3, -0.25) is 4.79 Å². The summed E-state index contributed by atoms with van der Waals surface area (Å²) in [5.74, 6) is 0.0764. The van der Waals surface area contributed by atoms with Gasteiger partial charge in [-0.1, -0.05) is 18.3 Å². The molecular weight excluding hydrogens is 224 g/mol. The smallest absolute Gasteiger partial charge is 0.266 e. The van der Waals surface area contributed by atoms with Crippen molar-refractivity contribution >= 4 is 22.4 Å². The molecular formula is C10H16N4OS. The van der Waals surface area contributed by atoms with Crippen LogP contribution in [0, 0.1) is 0 Å². The normalized spacial score (nSPS) is 16.4. The van der Waals surface area contributed by atoms with Crippen molar-refractivity contribution < 1.29 is 4.79 Å². The van der Waals surface area contributed by atoms with Crippen molar-refractivity contribution in [1.29, 1.82) is 0 Å². The number of anilines is 1. The first-order chi connectivity index (χ1) is 7.72. The van der Waals surface area contributed by atoms with Crippen molar-refractivity contribution in [3.8, 4) is 0 Å². The first-order valence-electron chi connectivity index (χ1n) is 5.47. The molecule has 1 amide bonds. The molecule has 1 aliphatic heterocycles. The second-order valence-corrected chi connectivity index (χ2v) is 4.75. The molecule has 0 aromatic carbocycles. The second kappa shape index (κ2) is 4.80. The fraction of sp³-hybridized carbons (Fsp3) is 0.600. The van der Waals surface area contributed by atoms with E-state index in [1.165, 1.54) is 11.3 Å². The van der Waals surface area contributed by atoms with Gasteiger partial charge in [-0.25, -0.2) is 4.98 Å². The maximum Gasteiger partial charge on any atom is 0.266 e. The maximum atomic E-state index is 12.2. The molecule has 1 saturated heterocycles. The molecule has 2 rings (SSSR count). The Labute approximate surface area is 98.7 Å². The highest BCUT2D eigenvalue weighted by atomic mass is 32.1. The van der Waals surface area contributed by atoms with Crippen LogP contribution in [0.1, 0.15) is 22.3 Å². The van der Waals surface area contributed by atoms with Crippen molar-refractivity contribution in [2.75, 3.05) is 31.9 Å². The summed E-state index contributed by atoms with van der Waals surface area (Å²) in [5.41, 5.74) is 6.47. The zero-order valence-electron chi connectivity index (χ0n) is 9.32. The van der Waals surface area contributed by atoms with Gasteiger partial charge in [0, 0.05) is 26.2 Å². The van der Waals surface area contributed by atoms with Crippen molar-refractivity contribution in [1.82, 2.24) is 15.2 Å². The number of aryl methyl sites for hydroxylation is 1. The summed E-state index contributed by atoms with van der Waals surface area (Å²) < 4.78 is 0. The quantitative estimate of drug-likeness (QED) is 0.781. The molecule has 0 bridgehead atoms. The molecule has 0 radical (unpaired) electrons. The molecule has 1 aliphatic rings. The predicted octanol–water partition coefficient (Wildman–Crippen LogP) is 0.333. The van der Waals surface area contributed by atoms with Crippen LogP contribution < -0.4 is 11.1 Å². The molecule has 3 N–H and O–H groups in total. The van der Waals surface area contributed by atoms with E-state index in [2.05, 4.69) is 10.3 Å². The lowest BCUT2D eigenvalue weighted by Crippen LogP contribution is -2.46. The molecule has 0 unspecified atom stereocenters. The minimum atomic E-state index is 0.0764. The Morgan fingerprint density at radius 2 is 2.25 bits per heavy atom. The van der Waals surface area contributed by atoms with E-state index in [1.54, 1.807) is 0 Å². The van der Waals surface area contributed by atoms with Crippen LogP contribution in [0.25, 0.3) is 0 Å². The Morgan fingerprint density at radius 1 is 1.56 bits per heavy atom. The average Bonchev–Trinajstić information content (AvgIpc) is 2.70. The van der Waals surface area contributed by atoms with Gasteiger partial charge in [0.05, 0.1) is 5.69 Å². The monoisotopic (exact) mass is 240 g/mol. The van der Waals surface area contributed by atoms with Crippen LogP contribution >= 0.6 is 11.3 Å². The molecule has 0 saturated carbocycles. The molecule has 1 fully saturated rings. The minimum absolute atomic E-state index is 0.0764. The van der Waals surface area contributed by atoms with Crippen LogP contribution in [0.4, 0.5) is 5.13 Å². The van der Waals surface area contributed by atoms with E-state index in [1.807, 2.05) is 11.8 Å². The van der Waals surface area contributed by atoms with E-state index >= 15 is 0 Å². The molecule has 2 heterocycles. The van der Waals surface area contributed by atoms with Crippen LogP contribution in [0.3, 0.4) is 0 Å². The van der Waals surface area contributed by atoms with Gasteiger partial charge in [0.25, 0.3) is 5.91 Å². The number of amides is 1. The number of nitrogens with zero attached hydrogens (tertiary/aromatic N) is 2. The standard InChI is InChI=1S/C10H16N4OS/c1-2-7-8(16-10(11)13-7)9(15)14-5-3-12-4-6-14/h12H,2-6H2,1H3,(H2,11,13). The number of hydrogen-bond acceptors (Lipinski definition) is 5. The minimum Gasteiger partial charge on any atom is -0.375 e. The topological polar surface area (TPSA) is 71.2 Å². The number of aromatic nitrogens is 1. The summed E-state index contributed by atoms with van der Waals surface area (Å²) in [5, 5.41) is 3.71. The van der Waals surface area contributed by atoms with E-state index in [4.69, 9.17) is 5.73 Å². The van der Waals surface area contributed by atoms with E-state index in [9.17, 15) is 4.79 Å². The average molecular weight is 240 g/mol. The number of carbonyl (C=O) groups is 1. The Hall–Kier alpha value is -1.14. The van der Waals surface area contributed by atoms with Gasteiger partial charge in [0.2, 0.25) is 0 Å². The van der Waals surface area contributed by atoms with Gasteiger partial charge < -0.3 is 16.0 Å². The summed E-state index contributed by atoms with van der Waals surface area (Å²) in [7, 11) is 0. The van der Waals surface area contributed by atoms with Crippen LogP contribution in [-0.2, 0) is 6.42 Å². The van der Waals surface area contributed by atoms with Gasteiger partial charge in [0.1, 0.15) is 4.88 Å². The Morgan fingerprint density at radius 3 is 2.88 bits per heavy atom. The van der Waals surface area contributed by atoms with Crippen molar-refractivity contribution in [3.05, 3.63) is 10.6 Å². The third-order valence-corrected chi connectivity index (χ3v) is 3.56. The maximum absolute atomic E-state index is 12.2. The summed E-state index contributed by atoms with van der Waals surface area (Å²) in [6.07, 6.45) is 0.751. The molecule has 0 atom stereocenters. The van der Waals surface area contributed by atoms with Gasteiger partial charge in [-0.2, -0.15) is 0 Å². The fourth-order valence-corrected chi connectivity index (χ4v) is 2.68. The van der Waals surface area contributed by atoms with Crippen molar-refractivity contribution in [2.24, 2.45) is 0 Å². The predicted molar refractivity (Wildman–Crippen MR) is 64.7 cm³/mol. The van der Waals surface area contributed by atoms with E-state index < -0.39 is 0 Å². The number of hydrogen-bond donors (Lipinski definition) is 2. The van der Waals surface area contributed by atoms with Gasteiger partial charge in [0.15, 0.2) is 5.13 Å². The first kappa shape index (κ1) is 11.3. The lowest BCUT2D eigenvalue weighted by molar-refractivity contribution is 0.0739. The number of nitrogens with two attached hydrogens (primary N) is 1. The molecule has 1 aromatic heterocycles. The lowest BCUT2D eigenvalue weighted by Gasteiger charge is -2.27. The lowest BCUT2D eigenvalue weighted by atomic mass is 10.2. The summed E-state index contributed by atoms with van der Waals surface area (Å²) >= 11 is 1.30. The molecule has 5 nitrogen and oxygen atoms in total. The SMILES string of the molecule is CCc1nc(N)sc1C(=O)N1CCNCC1. The number of nitrogens with one attached hydrogen (secondary N) is 1. The van der Waals surface area contributed by atoms with Crippen LogP contribution in [0.2, 0.25) is 0 Å². The molecule has 88 valence electrons. The van der Waals surface area contributed by atoms with Crippen molar-refractivity contribution in [2.45, 2.75) is 13.3 Å². The molecule has 16 heavy (non-hydrogen) atoms. The number of piperazine rings is 1. The third-order valence-electron chi connectivity index (χ3n) is 2.65. The highest BCUT2D eigenvalue weighted by Gasteiger charge is 2.22. The number of thiazole rings is 1.